The molecule has 0 atom stereocenters. The Morgan fingerprint density at radius 1 is 1.42 bits per heavy atom. The predicted molar refractivity (Wildman–Crippen MR) is 79.5 cm³/mol. The van der Waals surface area contributed by atoms with E-state index >= 15 is 0 Å². The molecule has 98 valence electrons. The molecular formula is C13H13ClN4S. The number of thiophene rings is 1. The Kier molecular flexibility index (Phi) is 3.50. The van der Waals surface area contributed by atoms with E-state index in [0.29, 0.717) is 11.6 Å². The molecule has 2 N–H and O–H groups in total. The summed E-state index contributed by atoms with van der Waals surface area (Å²) in [6.07, 6.45) is 2.55. The van der Waals surface area contributed by atoms with E-state index in [0.717, 1.165) is 34.8 Å². The number of hydrogen-bond donors (Lipinski definition) is 1. The molecule has 0 unspecified atom stereocenters. The monoisotopic (exact) mass is 292 g/mol. The molecule has 0 fully saturated rings. The lowest BCUT2D eigenvalue weighted by Gasteiger charge is -2.06. The van der Waals surface area contributed by atoms with Crippen LogP contribution in [0.3, 0.4) is 0 Å². The molecule has 0 aliphatic carbocycles. The first kappa shape index (κ1) is 12.6. The molecule has 0 saturated heterocycles. The third kappa shape index (κ3) is 2.36. The van der Waals surface area contributed by atoms with Crippen LogP contribution in [0.25, 0.3) is 21.9 Å². The van der Waals surface area contributed by atoms with Crippen LogP contribution in [0.15, 0.2) is 29.8 Å². The summed E-state index contributed by atoms with van der Waals surface area (Å²) in [4.78, 5) is 10.2. The number of rotatable bonds is 4. The highest BCUT2D eigenvalue weighted by atomic mass is 35.5. The largest absolute Gasteiger partial charge is 0.330 e. The van der Waals surface area contributed by atoms with Gasteiger partial charge < -0.3 is 10.3 Å². The highest BCUT2D eigenvalue weighted by Gasteiger charge is 2.14. The van der Waals surface area contributed by atoms with Crippen LogP contribution < -0.4 is 5.73 Å². The fourth-order valence-electron chi connectivity index (χ4n) is 2.04. The highest BCUT2D eigenvalue weighted by molar-refractivity contribution is 7.13. The molecule has 0 aromatic carbocycles. The van der Waals surface area contributed by atoms with Gasteiger partial charge in [-0.15, -0.1) is 11.3 Å². The third-order valence-electron chi connectivity index (χ3n) is 2.88. The Hall–Kier alpha value is -1.43. The summed E-state index contributed by atoms with van der Waals surface area (Å²) >= 11 is 7.65. The maximum Gasteiger partial charge on any atom is 0.160 e. The average molecular weight is 293 g/mol. The number of pyridine rings is 1. The fourth-order valence-corrected chi connectivity index (χ4v) is 2.92. The topological polar surface area (TPSA) is 56.7 Å². The van der Waals surface area contributed by atoms with Gasteiger partial charge in [-0.1, -0.05) is 17.7 Å². The fraction of sp³-hybridized carbons (Fsp3) is 0.231. The summed E-state index contributed by atoms with van der Waals surface area (Å²) in [6, 6.07) is 5.93. The first-order chi connectivity index (χ1) is 9.29. The van der Waals surface area contributed by atoms with Gasteiger partial charge in [-0.05, 0) is 30.5 Å². The number of nitrogens with zero attached hydrogens (tertiary/aromatic N) is 3. The van der Waals surface area contributed by atoms with Gasteiger partial charge in [-0.2, -0.15) is 0 Å². The summed E-state index contributed by atoms with van der Waals surface area (Å²) in [7, 11) is 0. The summed E-state index contributed by atoms with van der Waals surface area (Å²) in [5.41, 5.74) is 7.30. The van der Waals surface area contributed by atoms with Crippen molar-refractivity contribution in [1.82, 2.24) is 14.5 Å². The Labute approximate surface area is 119 Å². The number of aryl methyl sites for hydroxylation is 1. The van der Waals surface area contributed by atoms with Crippen molar-refractivity contribution >= 4 is 34.1 Å². The second-order valence-electron chi connectivity index (χ2n) is 4.20. The van der Waals surface area contributed by atoms with Gasteiger partial charge in [0.1, 0.15) is 5.52 Å². The van der Waals surface area contributed by atoms with Crippen LogP contribution in [0.1, 0.15) is 6.42 Å². The molecule has 0 saturated carbocycles. The molecule has 0 aliphatic rings. The minimum absolute atomic E-state index is 0.605. The van der Waals surface area contributed by atoms with Crippen molar-refractivity contribution < 1.29 is 0 Å². The van der Waals surface area contributed by atoms with E-state index < -0.39 is 0 Å². The lowest BCUT2D eigenvalue weighted by molar-refractivity contribution is 0.668. The van der Waals surface area contributed by atoms with E-state index in [2.05, 4.69) is 20.6 Å². The number of hydrogen-bond acceptors (Lipinski definition) is 4. The van der Waals surface area contributed by atoms with Gasteiger partial charge in [0.05, 0.1) is 9.90 Å². The lowest BCUT2D eigenvalue weighted by atomic mass is 10.4. The van der Waals surface area contributed by atoms with Crippen LogP contribution in [-0.2, 0) is 6.54 Å². The summed E-state index contributed by atoms with van der Waals surface area (Å²) in [5.74, 6) is 0.938. The van der Waals surface area contributed by atoms with Gasteiger partial charge in [0.25, 0.3) is 0 Å². The van der Waals surface area contributed by atoms with Crippen molar-refractivity contribution in [1.29, 1.82) is 0 Å². The number of nitrogens with two attached hydrogens (primary N) is 1. The molecule has 0 spiro atoms. The normalized spacial score (nSPS) is 11.3. The van der Waals surface area contributed by atoms with Gasteiger partial charge in [0.15, 0.2) is 11.5 Å². The molecular weight excluding hydrogens is 280 g/mol. The van der Waals surface area contributed by atoms with E-state index in [9.17, 15) is 0 Å². The molecule has 3 aromatic rings. The first-order valence-corrected chi connectivity index (χ1v) is 7.31. The van der Waals surface area contributed by atoms with Crippen molar-refractivity contribution in [3.8, 4) is 10.7 Å². The summed E-state index contributed by atoms with van der Waals surface area (Å²) in [5, 5.41) is 2.65. The maximum absolute atomic E-state index is 5.98. The molecule has 4 nitrogen and oxygen atoms in total. The first-order valence-electron chi connectivity index (χ1n) is 6.05. The zero-order chi connectivity index (χ0) is 13.2. The maximum atomic E-state index is 5.98. The van der Waals surface area contributed by atoms with Crippen LogP contribution in [0, 0.1) is 0 Å². The van der Waals surface area contributed by atoms with Crippen molar-refractivity contribution in [3.63, 3.8) is 0 Å². The highest BCUT2D eigenvalue weighted by Crippen LogP contribution is 2.28. The van der Waals surface area contributed by atoms with Crippen molar-refractivity contribution in [2.24, 2.45) is 5.73 Å². The van der Waals surface area contributed by atoms with Crippen molar-refractivity contribution in [2.75, 3.05) is 6.54 Å². The Bertz CT molecular complexity index is 690. The Morgan fingerprint density at radius 2 is 2.32 bits per heavy atom. The van der Waals surface area contributed by atoms with E-state index in [4.69, 9.17) is 17.3 Å². The van der Waals surface area contributed by atoms with Crippen LogP contribution in [0.2, 0.25) is 5.02 Å². The zero-order valence-corrected chi connectivity index (χ0v) is 11.8. The van der Waals surface area contributed by atoms with Crippen LogP contribution in [-0.4, -0.2) is 21.1 Å². The minimum atomic E-state index is 0.605. The van der Waals surface area contributed by atoms with Gasteiger partial charge in [-0.3, -0.25) is 0 Å². The molecule has 0 bridgehead atoms. The van der Waals surface area contributed by atoms with E-state index in [-0.39, 0.29) is 0 Å². The number of halogens is 1. The average Bonchev–Trinajstić information content (AvgIpc) is 3.02. The van der Waals surface area contributed by atoms with Gasteiger partial charge in [0, 0.05) is 12.7 Å². The van der Waals surface area contributed by atoms with Gasteiger partial charge >= 0.3 is 0 Å². The standard InChI is InChI=1S/C13H13ClN4S/c14-9-7-10-12(16-8-9)18(5-2-4-15)13(17-10)11-3-1-6-19-11/h1,3,6-8H,2,4-5,15H2. The van der Waals surface area contributed by atoms with Gasteiger partial charge in [-0.25, -0.2) is 9.97 Å². The second kappa shape index (κ2) is 5.28. The second-order valence-corrected chi connectivity index (χ2v) is 5.59. The lowest BCUT2D eigenvalue weighted by Crippen LogP contribution is -2.07. The smallest absolute Gasteiger partial charge is 0.160 e. The van der Waals surface area contributed by atoms with Crippen LogP contribution in [0.5, 0.6) is 0 Å². The Morgan fingerprint density at radius 3 is 3.05 bits per heavy atom. The third-order valence-corrected chi connectivity index (χ3v) is 3.95. The summed E-state index contributed by atoms with van der Waals surface area (Å²) < 4.78 is 2.12. The van der Waals surface area contributed by atoms with E-state index in [1.54, 1.807) is 17.5 Å². The van der Waals surface area contributed by atoms with Crippen LogP contribution >= 0.6 is 22.9 Å². The van der Waals surface area contributed by atoms with E-state index in [1.165, 1.54) is 0 Å². The minimum Gasteiger partial charge on any atom is -0.330 e. The Balaban J connectivity index is 2.18. The molecule has 0 radical (unpaired) electrons. The molecule has 0 aliphatic heterocycles. The van der Waals surface area contributed by atoms with E-state index in [1.807, 2.05) is 17.5 Å². The molecule has 0 amide bonds. The summed E-state index contributed by atoms with van der Waals surface area (Å²) in [6.45, 7) is 1.46. The SMILES string of the molecule is NCCCn1c(-c2cccs2)nc2cc(Cl)cnc21. The molecule has 3 aromatic heterocycles. The number of imidazole rings is 1. The van der Waals surface area contributed by atoms with Crippen LogP contribution in [0.4, 0.5) is 0 Å². The van der Waals surface area contributed by atoms with Gasteiger partial charge in [0.2, 0.25) is 0 Å². The molecule has 3 rings (SSSR count). The quantitative estimate of drug-likeness (QED) is 0.803. The number of fused-ring (bicyclic) bond motifs is 1. The molecule has 6 heteroatoms. The van der Waals surface area contributed by atoms with Crippen molar-refractivity contribution in [3.05, 3.63) is 34.8 Å². The number of aromatic nitrogens is 3. The van der Waals surface area contributed by atoms with Crippen molar-refractivity contribution in [2.45, 2.75) is 13.0 Å². The predicted octanol–water partition coefficient (Wildman–Crippen LogP) is 3.16. The molecule has 3 heterocycles. The zero-order valence-electron chi connectivity index (χ0n) is 10.2. The molecule has 19 heavy (non-hydrogen) atoms.